The molecule has 3 aromatic rings. The molecule has 0 unspecified atom stereocenters. The van der Waals surface area contributed by atoms with Crippen molar-refractivity contribution in [2.45, 2.75) is 31.5 Å². The normalized spacial score (nSPS) is 12.6. The van der Waals surface area contributed by atoms with Crippen molar-refractivity contribution in [1.29, 1.82) is 5.26 Å². The Morgan fingerprint density at radius 3 is 2.45 bits per heavy atom. The van der Waals surface area contributed by atoms with Gasteiger partial charge < -0.3 is 14.8 Å². The van der Waals surface area contributed by atoms with Crippen molar-refractivity contribution in [2.24, 2.45) is 5.92 Å². The molecule has 33 heavy (non-hydrogen) atoms. The lowest BCUT2D eigenvalue weighted by Gasteiger charge is -2.27. The van der Waals surface area contributed by atoms with E-state index in [0.717, 1.165) is 17.0 Å². The van der Waals surface area contributed by atoms with Gasteiger partial charge in [-0.15, -0.1) is 10.2 Å². The van der Waals surface area contributed by atoms with Gasteiger partial charge in [0.05, 0.1) is 37.3 Å². The Morgan fingerprint density at radius 1 is 1.15 bits per heavy atom. The monoisotopic (exact) mass is 465 g/mol. The van der Waals surface area contributed by atoms with Crippen molar-refractivity contribution in [3.8, 4) is 34.6 Å². The molecule has 9 heteroatoms. The summed E-state index contributed by atoms with van der Waals surface area (Å²) in [6.45, 7) is 5.52. The Kier molecular flexibility index (Phi) is 7.61. The molecule has 0 aliphatic carbocycles. The van der Waals surface area contributed by atoms with Gasteiger partial charge in [0, 0.05) is 0 Å². The zero-order valence-electron chi connectivity index (χ0n) is 19.3. The number of methoxy groups -OCH3 is 2. The van der Waals surface area contributed by atoms with Crippen LogP contribution in [0.25, 0.3) is 17.1 Å². The second-order valence-electron chi connectivity index (χ2n) is 7.85. The lowest BCUT2D eigenvalue weighted by atomic mass is 9.90. The van der Waals surface area contributed by atoms with E-state index in [9.17, 15) is 10.1 Å². The highest BCUT2D eigenvalue weighted by Gasteiger charge is 2.30. The Morgan fingerprint density at radius 2 is 1.85 bits per heavy atom. The molecule has 0 bridgehead atoms. The second-order valence-corrected chi connectivity index (χ2v) is 8.79. The van der Waals surface area contributed by atoms with Gasteiger partial charge in [-0.3, -0.25) is 9.36 Å². The Hall–Kier alpha value is -3.51. The first-order valence-electron chi connectivity index (χ1n) is 10.4. The van der Waals surface area contributed by atoms with Crippen LogP contribution in [-0.2, 0) is 4.79 Å². The van der Waals surface area contributed by atoms with Crippen LogP contribution in [0.2, 0.25) is 0 Å². The quantitative estimate of drug-likeness (QED) is 0.475. The number of para-hydroxylation sites is 1. The smallest absolute Gasteiger partial charge is 0.231 e. The Labute approximate surface area is 197 Å². The fourth-order valence-corrected chi connectivity index (χ4v) is 3.84. The third-order valence-electron chi connectivity index (χ3n) is 5.43. The number of ether oxygens (including phenoxy) is 2. The molecule has 0 saturated heterocycles. The molecule has 0 saturated carbocycles. The lowest BCUT2D eigenvalue weighted by Crippen LogP contribution is -2.49. The molecule has 1 heterocycles. The van der Waals surface area contributed by atoms with Crippen LogP contribution in [0.3, 0.4) is 0 Å². The van der Waals surface area contributed by atoms with E-state index in [0.29, 0.717) is 16.7 Å². The van der Waals surface area contributed by atoms with Gasteiger partial charge in [0.25, 0.3) is 0 Å². The highest BCUT2D eigenvalue weighted by atomic mass is 32.2. The predicted octanol–water partition coefficient (Wildman–Crippen LogP) is 4.10. The van der Waals surface area contributed by atoms with Crippen molar-refractivity contribution in [1.82, 2.24) is 20.1 Å². The summed E-state index contributed by atoms with van der Waals surface area (Å²) < 4.78 is 12.7. The van der Waals surface area contributed by atoms with Gasteiger partial charge in [-0.25, -0.2) is 0 Å². The molecule has 1 atom stereocenters. The highest BCUT2D eigenvalue weighted by molar-refractivity contribution is 7.99. The molecule has 0 radical (unpaired) electrons. The molecule has 0 fully saturated rings. The van der Waals surface area contributed by atoms with Gasteiger partial charge in [-0.05, 0) is 49.2 Å². The minimum absolute atomic E-state index is 0.0310. The van der Waals surface area contributed by atoms with Crippen LogP contribution in [0, 0.1) is 17.2 Å². The van der Waals surface area contributed by atoms with Crippen LogP contribution in [0.15, 0.2) is 53.7 Å². The molecular weight excluding hydrogens is 438 g/mol. The SMILES string of the molecule is COc1ccc(-n2c(SCC(=O)N[C@@](C)(C#N)C(C)C)nnc2-c2ccccc2OC)cc1. The topological polar surface area (TPSA) is 102 Å². The minimum atomic E-state index is -0.941. The van der Waals surface area contributed by atoms with E-state index in [-0.39, 0.29) is 17.6 Å². The fraction of sp³-hybridized carbons (Fsp3) is 0.333. The average Bonchev–Trinajstić information content (AvgIpc) is 3.26. The average molecular weight is 466 g/mol. The summed E-state index contributed by atoms with van der Waals surface area (Å²) in [7, 11) is 3.22. The lowest BCUT2D eigenvalue weighted by molar-refractivity contribution is -0.120. The van der Waals surface area contributed by atoms with Crippen LogP contribution in [0.4, 0.5) is 0 Å². The van der Waals surface area contributed by atoms with Crippen molar-refractivity contribution in [2.75, 3.05) is 20.0 Å². The molecule has 8 nitrogen and oxygen atoms in total. The Balaban J connectivity index is 1.96. The molecule has 1 aromatic heterocycles. The number of nitriles is 1. The molecule has 3 rings (SSSR count). The van der Waals surface area contributed by atoms with E-state index in [1.165, 1.54) is 11.8 Å². The summed E-state index contributed by atoms with van der Waals surface area (Å²) in [5.41, 5.74) is 0.647. The van der Waals surface area contributed by atoms with Crippen LogP contribution in [0.5, 0.6) is 11.5 Å². The van der Waals surface area contributed by atoms with E-state index < -0.39 is 5.54 Å². The molecule has 172 valence electrons. The van der Waals surface area contributed by atoms with Crippen molar-refractivity contribution >= 4 is 17.7 Å². The summed E-state index contributed by atoms with van der Waals surface area (Å²) in [6, 6.07) is 17.2. The van der Waals surface area contributed by atoms with Gasteiger partial charge in [-0.1, -0.05) is 37.7 Å². The first kappa shape index (κ1) is 24.1. The number of nitrogens with one attached hydrogen (secondary N) is 1. The number of thioether (sulfide) groups is 1. The first-order valence-corrected chi connectivity index (χ1v) is 11.4. The molecule has 1 N–H and O–H groups in total. The van der Waals surface area contributed by atoms with Gasteiger partial charge >= 0.3 is 0 Å². The van der Waals surface area contributed by atoms with Crippen LogP contribution in [0.1, 0.15) is 20.8 Å². The van der Waals surface area contributed by atoms with Crippen molar-refractivity contribution in [3.63, 3.8) is 0 Å². The predicted molar refractivity (Wildman–Crippen MR) is 128 cm³/mol. The minimum Gasteiger partial charge on any atom is -0.497 e. The molecule has 0 aliphatic heterocycles. The van der Waals surface area contributed by atoms with E-state index >= 15 is 0 Å². The number of aromatic nitrogens is 3. The maximum absolute atomic E-state index is 12.6. The standard InChI is InChI=1S/C24H27N5O3S/c1-16(2)24(3,15-25)26-21(30)14-33-23-28-27-22(19-8-6-7-9-20(19)32-5)29(23)17-10-12-18(31-4)13-11-17/h6-13,16H,14H2,1-5H3,(H,26,30)/t24-/m0/s1. The largest absolute Gasteiger partial charge is 0.497 e. The summed E-state index contributed by atoms with van der Waals surface area (Å²) in [5.74, 6) is 1.78. The van der Waals surface area contributed by atoms with E-state index in [1.807, 2.05) is 66.9 Å². The number of hydrogen-bond acceptors (Lipinski definition) is 7. The third-order valence-corrected chi connectivity index (χ3v) is 6.36. The van der Waals surface area contributed by atoms with Crippen LogP contribution in [-0.4, -0.2) is 46.2 Å². The highest BCUT2D eigenvalue weighted by Crippen LogP contribution is 2.33. The van der Waals surface area contributed by atoms with Gasteiger partial charge in [-0.2, -0.15) is 5.26 Å². The summed E-state index contributed by atoms with van der Waals surface area (Å²) >= 11 is 1.25. The number of rotatable bonds is 9. The number of carbonyl (C=O) groups excluding carboxylic acids is 1. The van der Waals surface area contributed by atoms with E-state index in [2.05, 4.69) is 21.6 Å². The number of benzene rings is 2. The molecule has 2 aromatic carbocycles. The summed E-state index contributed by atoms with van der Waals surface area (Å²) in [5, 5.41) is 21.6. The second kappa shape index (κ2) is 10.4. The van der Waals surface area contributed by atoms with Gasteiger partial charge in [0.15, 0.2) is 11.0 Å². The van der Waals surface area contributed by atoms with Crippen molar-refractivity contribution in [3.05, 3.63) is 48.5 Å². The first-order chi connectivity index (χ1) is 15.8. The number of carbonyl (C=O) groups is 1. The number of nitrogens with zero attached hydrogens (tertiary/aromatic N) is 4. The van der Waals surface area contributed by atoms with Crippen molar-refractivity contribution < 1.29 is 14.3 Å². The molecule has 0 spiro atoms. The maximum atomic E-state index is 12.6. The van der Waals surface area contributed by atoms with E-state index in [4.69, 9.17) is 9.47 Å². The Bertz CT molecular complexity index is 1150. The summed E-state index contributed by atoms with van der Waals surface area (Å²) in [4.78, 5) is 12.6. The zero-order chi connectivity index (χ0) is 24.0. The molecule has 0 aliphatic rings. The third kappa shape index (κ3) is 5.29. The maximum Gasteiger partial charge on any atom is 0.231 e. The van der Waals surface area contributed by atoms with Crippen LogP contribution < -0.4 is 14.8 Å². The van der Waals surface area contributed by atoms with Crippen LogP contribution >= 0.6 is 11.8 Å². The van der Waals surface area contributed by atoms with E-state index in [1.54, 1.807) is 21.1 Å². The zero-order valence-corrected chi connectivity index (χ0v) is 20.1. The molecular formula is C24H27N5O3S. The number of amides is 1. The summed E-state index contributed by atoms with van der Waals surface area (Å²) in [6.07, 6.45) is 0. The van der Waals surface area contributed by atoms with Gasteiger partial charge in [0.2, 0.25) is 5.91 Å². The number of hydrogen-bond donors (Lipinski definition) is 1. The fourth-order valence-electron chi connectivity index (χ4n) is 3.09. The molecule has 1 amide bonds. The van der Waals surface area contributed by atoms with Gasteiger partial charge in [0.1, 0.15) is 17.0 Å².